The maximum absolute atomic E-state index is 13.8. The first kappa shape index (κ1) is 25.2. The number of hydrogen-bond acceptors (Lipinski definition) is 7. The number of nitrogens with zero attached hydrogens (tertiary/aromatic N) is 1. The summed E-state index contributed by atoms with van der Waals surface area (Å²) in [5, 5.41) is 23.3. The van der Waals surface area contributed by atoms with Crippen LogP contribution in [0.3, 0.4) is 0 Å². The number of nitrogens with one attached hydrogen (secondary N) is 2. The van der Waals surface area contributed by atoms with Crippen LogP contribution in [0.5, 0.6) is 17.2 Å². The molecule has 1 aliphatic rings. The zero-order valence-corrected chi connectivity index (χ0v) is 21.0. The van der Waals surface area contributed by atoms with Gasteiger partial charge < -0.3 is 39.6 Å². The molecular formula is C27H31N3O6. The lowest BCUT2D eigenvalue weighted by Crippen LogP contribution is -2.30. The summed E-state index contributed by atoms with van der Waals surface area (Å²) in [7, 11) is 7.51. The van der Waals surface area contributed by atoms with Gasteiger partial charge in [-0.05, 0) is 29.1 Å². The van der Waals surface area contributed by atoms with E-state index in [1.807, 2.05) is 43.4 Å². The van der Waals surface area contributed by atoms with Gasteiger partial charge in [-0.25, -0.2) is 0 Å². The van der Waals surface area contributed by atoms with E-state index < -0.39 is 0 Å². The van der Waals surface area contributed by atoms with Crippen LogP contribution < -0.4 is 24.4 Å². The van der Waals surface area contributed by atoms with Crippen molar-refractivity contribution in [3.05, 3.63) is 53.7 Å². The van der Waals surface area contributed by atoms with Gasteiger partial charge in [-0.3, -0.25) is 4.79 Å². The largest absolute Gasteiger partial charge is 0.493 e. The fourth-order valence-electron chi connectivity index (χ4n) is 5.00. The number of aromatic amines is 1. The van der Waals surface area contributed by atoms with Crippen molar-refractivity contribution in [1.29, 1.82) is 0 Å². The second-order valence-corrected chi connectivity index (χ2v) is 8.24. The molecule has 4 N–H and O–H groups in total. The van der Waals surface area contributed by atoms with E-state index in [9.17, 15) is 9.90 Å². The average Bonchev–Trinajstić information content (AvgIpc) is 3.53. The van der Waals surface area contributed by atoms with Crippen LogP contribution in [0.4, 0.5) is 11.4 Å². The highest BCUT2D eigenvalue weighted by atomic mass is 16.5. The molecule has 9 nitrogen and oxygen atoms in total. The van der Waals surface area contributed by atoms with Crippen LogP contribution in [-0.2, 0) is 0 Å². The molecule has 36 heavy (non-hydrogen) atoms. The number of ether oxygens (including phenoxy) is 3. The third-order valence-electron chi connectivity index (χ3n) is 6.55. The third-order valence-corrected chi connectivity index (χ3v) is 6.55. The van der Waals surface area contributed by atoms with Crippen LogP contribution in [0.2, 0.25) is 0 Å². The molecule has 1 aliphatic heterocycles. The predicted octanol–water partition coefficient (Wildman–Crippen LogP) is 3.73. The maximum Gasteiger partial charge on any atom is 0.274 e. The van der Waals surface area contributed by atoms with Crippen molar-refractivity contribution in [3.63, 3.8) is 0 Å². The molecule has 0 aliphatic carbocycles. The standard InChI is InChI=1S/C26H27N3O5.CH4O/c1-27-18-11-20-22(17-8-6-5-7-16(17)18)15(13-30)12-29(20)26(31)19-9-14-10-21(32-2)24(33-3)25(34-4)23(14)28-19;1-2/h5-11,15,27-28,30H,12-13H2,1-4H3;2H,1H3. The molecule has 0 spiro atoms. The van der Waals surface area contributed by atoms with Crippen molar-refractivity contribution >= 4 is 39.0 Å². The summed E-state index contributed by atoms with van der Waals surface area (Å²) in [6.45, 7) is 0.343. The number of aliphatic hydroxyl groups excluding tert-OH is 2. The van der Waals surface area contributed by atoms with Crippen molar-refractivity contribution < 1.29 is 29.2 Å². The predicted molar refractivity (Wildman–Crippen MR) is 141 cm³/mol. The van der Waals surface area contributed by atoms with E-state index >= 15 is 0 Å². The van der Waals surface area contributed by atoms with Crippen molar-refractivity contribution in [1.82, 2.24) is 4.98 Å². The highest BCUT2D eigenvalue weighted by molar-refractivity contribution is 6.12. The lowest BCUT2D eigenvalue weighted by molar-refractivity contribution is 0.0983. The van der Waals surface area contributed by atoms with Gasteiger partial charge in [0, 0.05) is 43.1 Å². The Morgan fingerprint density at radius 1 is 1.06 bits per heavy atom. The lowest BCUT2D eigenvalue weighted by Gasteiger charge is -2.18. The summed E-state index contributed by atoms with van der Waals surface area (Å²) in [6, 6.07) is 13.6. The van der Waals surface area contributed by atoms with Gasteiger partial charge in [0.2, 0.25) is 5.75 Å². The van der Waals surface area contributed by atoms with Gasteiger partial charge in [0.05, 0.1) is 39.1 Å². The van der Waals surface area contributed by atoms with Gasteiger partial charge in [-0.2, -0.15) is 0 Å². The maximum atomic E-state index is 13.8. The van der Waals surface area contributed by atoms with E-state index in [1.165, 1.54) is 0 Å². The monoisotopic (exact) mass is 493 g/mol. The Morgan fingerprint density at radius 3 is 2.36 bits per heavy atom. The molecule has 1 atom stereocenters. The molecular weight excluding hydrogens is 462 g/mol. The summed E-state index contributed by atoms with van der Waals surface area (Å²) in [5.74, 6) is 1.08. The van der Waals surface area contributed by atoms with Gasteiger partial charge in [0.1, 0.15) is 5.69 Å². The summed E-state index contributed by atoms with van der Waals surface area (Å²) in [6.07, 6.45) is 0. The molecule has 0 bridgehead atoms. The van der Waals surface area contributed by atoms with Gasteiger partial charge >= 0.3 is 0 Å². The van der Waals surface area contributed by atoms with E-state index in [0.717, 1.165) is 40.2 Å². The number of H-pyrrole nitrogens is 1. The second kappa shape index (κ2) is 10.3. The van der Waals surface area contributed by atoms with Crippen LogP contribution in [0.25, 0.3) is 21.7 Å². The Morgan fingerprint density at radius 2 is 1.75 bits per heavy atom. The topological polar surface area (TPSA) is 116 Å². The summed E-state index contributed by atoms with van der Waals surface area (Å²) in [5.41, 5.74) is 3.78. The number of aliphatic hydroxyl groups is 2. The minimum atomic E-state index is -0.189. The van der Waals surface area contributed by atoms with Crippen molar-refractivity contribution in [3.8, 4) is 17.2 Å². The SMILES string of the molecule is CNc1cc2c(c3ccccc13)C(CO)CN2C(=O)c1cc2cc(OC)c(OC)c(OC)c2[nH]1.CO. The number of hydrogen-bond donors (Lipinski definition) is 4. The number of amides is 1. The van der Waals surface area contributed by atoms with Crippen LogP contribution in [0, 0.1) is 0 Å². The molecule has 5 rings (SSSR count). The molecule has 1 unspecified atom stereocenters. The smallest absolute Gasteiger partial charge is 0.274 e. The molecule has 9 heteroatoms. The summed E-state index contributed by atoms with van der Waals surface area (Å²) < 4.78 is 16.5. The molecule has 0 saturated heterocycles. The highest BCUT2D eigenvalue weighted by Gasteiger charge is 2.35. The Kier molecular flexibility index (Phi) is 7.23. The number of aromatic nitrogens is 1. The first-order valence-corrected chi connectivity index (χ1v) is 11.5. The van der Waals surface area contributed by atoms with Crippen LogP contribution in [0.1, 0.15) is 22.0 Å². The number of carbonyl (C=O) groups is 1. The third kappa shape index (κ3) is 3.86. The second-order valence-electron chi connectivity index (χ2n) is 8.24. The Labute approximate surface area is 209 Å². The minimum absolute atomic E-state index is 0.0470. The van der Waals surface area contributed by atoms with Crippen LogP contribution in [-0.4, -0.2) is 69.7 Å². The zero-order valence-electron chi connectivity index (χ0n) is 21.0. The zero-order chi connectivity index (χ0) is 26.0. The van der Waals surface area contributed by atoms with Gasteiger partial charge in [-0.1, -0.05) is 24.3 Å². The first-order valence-electron chi connectivity index (χ1n) is 11.5. The van der Waals surface area contributed by atoms with E-state index in [1.54, 1.807) is 32.3 Å². The fraction of sp³-hybridized carbons (Fsp3) is 0.296. The Hall–Kier alpha value is -3.95. The lowest BCUT2D eigenvalue weighted by atomic mass is 9.94. The molecule has 1 amide bonds. The van der Waals surface area contributed by atoms with Gasteiger partial charge in [0.25, 0.3) is 5.91 Å². The molecule has 0 radical (unpaired) electrons. The van der Waals surface area contributed by atoms with Crippen molar-refractivity contribution in [2.24, 2.45) is 0 Å². The summed E-state index contributed by atoms with van der Waals surface area (Å²) >= 11 is 0. The molecule has 1 aromatic heterocycles. The quantitative estimate of drug-likeness (QED) is 0.323. The van der Waals surface area contributed by atoms with E-state index in [-0.39, 0.29) is 18.4 Å². The average molecular weight is 494 g/mol. The molecule has 2 heterocycles. The van der Waals surface area contributed by atoms with E-state index in [0.29, 0.717) is 35.0 Å². The minimum Gasteiger partial charge on any atom is -0.493 e. The van der Waals surface area contributed by atoms with Crippen LogP contribution in [0.15, 0.2) is 42.5 Å². The van der Waals surface area contributed by atoms with Gasteiger partial charge in [-0.15, -0.1) is 0 Å². The normalized spacial score (nSPS) is 14.3. The molecule has 4 aromatic rings. The summed E-state index contributed by atoms with van der Waals surface area (Å²) in [4.78, 5) is 18.7. The molecule has 0 saturated carbocycles. The van der Waals surface area contributed by atoms with E-state index in [2.05, 4.69) is 10.3 Å². The number of rotatable bonds is 6. The van der Waals surface area contributed by atoms with Crippen LogP contribution >= 0.6 is 0 Å². The molecule has 3 aromatic carbocycles. The number of fused-ring (bicyclic) bond motifs is 4. The Balaban J connectivity index is 0.00000148. The van der Waals surface area contributed by atoms with Crippen molar-refractivity contribution in [2.45, 2.75) is 5.92 Å². The van der Waals surface area contributed by atoms with E-state index in [4.69, 9.17) is 19.3 Å². The number of carbonyl (C=O) groups excluding carboxylic acids is 1. The highest BCUT2D eigenvalue weighted by Crippen LogP contribution is 2.46. The fourth-order valence-corrected chi connectivity index (χ4v) is 5.00. The number of anilines is 2. The molecule has 0 fully saturated rings. The Bertz CT molecular complexity index is 1410. The first-order chi connectivity index (χ1) is 17.6. The van der Waals surface area contributed by atoms with Crippen molar-refractivity contribution in [2.75, 3.05) is 58.9 Å². The number of benzene rings is 3. The van der Waals surface area contributed by atoms with Gasteiger partial charge in [0.15, 0.2) is 11.5 Å². The number of methoxy groups -OCH3 is 3. The molecule has 190 valence electrons.